The predicted molar refractivity (Wildman–Crippen MR) is 97.7 cm³/mol. The van der Waals surface area contributed by atoms with E-state index in [9.17, 15) is 23.3 Å². The van der Waals surface area contributed by atoms with Gasteiger partial charge in [-0.25, -0.2) is 8.42 Å². The number of esters is 1. The van der Waals surface area contributed by atoms with Crippen molar-refractivity contribution in [2.45, 2.75) is 32.1 Å². The molecular weight excluding hydrogens is 362 g/mol. The van der Waals surface area contributed by atoms with Crippen molar-refractivity contribution < 1.29 is 22.9 Å². The van der Waals surface area contributed by atoms with E-state index in [0.717, 1.165) is 6.07 Å². The number of hydrogen-bond acceptors (Lipinski definition) is 7. The molecule has 0 aliphatic heterocycles. The van der Waals surface area contributed by atoms with Gasteiger partial charge in [0.25, 0.3) is 5.69 Å². The van der Waals surface area contributed by atoms with Crippen molar-refractivity contribution in [1.82, 2.24) is 4.31 Å². The highest BCUT2D eigenvalue weighted by molar-refractivity contribution is 7.89. The number of sulfonamides is 1. The first-order valence-corrected chi connectivity index (χ1v) is 9.78. The Morgan fingerprint density at radius 3 is 2.35 bits per heavy atom. The lowest BCUT2D eigenvalue weighted by atomic mass is 10.2. The normalized spacial score (nSPS) is 11.4. The number of ether oxygens (including phenoxy) is 1. The van der Waals surface area contributed by atoms with Gasteiger partial charge in [0, 0.05) is 32.7 Å². The van der Waals surface area contributed by atoms with E-state index in [1.807, 2.05) is 0 Å². The van der Waals surface area contributed by atoms with Crippen LogP contribution in [-0.4, -0.2) is 56.9 Å². The molecule has 0 radical (unpaired) electrons. The molecule has 1 rings (SSSR count). The summed E-state index contributed by atoms with van der Waals surface area (Å²) in [5, 5.41) is 11.4. The summed E-state index contributed by atoms with van der Waals surface area (Å²) in [6.07, 6.45) is 0.0704. The quantitative estimate of drug-likeness (QED) is 0.343. The van der Waals surface area contributed by atoms with Crippen molar-refractivity contribution in [2.24, 2.45) is 0 Å². The second kappa shape index (κ2) is 9.48. The van der Waals surface area contributed by atoms with E-state index in [0.29, 0.717) is 0 Å². The highest BCUT2D eigenvalue weighted by Crippen LogP contribution is 2.31. The monoisotopic (exact) mass is 387 g/mol. The second-order valence-electron chi connectivity index (χ2n) is 5.47. The number of carbonyl (C=O) groups is 1. The average Bonchev–Trinajstić information content (AvgIpc) is 2.60. The minimum absolute atomic E-state index is 0.0704. The average molecular weight is 387 g/mol. The Bertz CT molecular complexity index is 746. The Kier molecular flexibility index (Phi) is 7.97. The van der Waals surface area contributed by atoms with Gasteiger partial charge in [0.2, 0.25) is 10.0 Å². The van der Waals surface area contributed by atoms with Crippen molar-refractivity contribution in [3.63, 3.8) is 0 Å². The maximum Gasteiger partial charge on any atom is 0.307 e. The number of anilines is 1. The van der Waals surface area contributed by atoms with Crippen LogP contribution in [-0.2, 0) is 19.6 Å². The van der Waals surface area contributed by atoms with Crippen LogP contribution in [0.5, 0.6) is 0 Å². The van der Waals surface area contributed by atoms with Gasteiger partial charge in [-0.2, -0.15) is 4.31 Å². The van der Waals surface area contributed by atoms with Crippen molar-refractivity contribution in [3.8, 4) is 0 Å². The van der Waals surface area contributed by atoms with E-state index in [-0.39, 0.29) is 48.9 Å². The van der Waals surface area contributed by atoms with Crippen LogP contribution in [0.3, 0.4) is 0 Å². The summed E-state index contributed by atoms with van der Waals surface area (Å²) in [7, 11) is -2.20. The van der Waals surface area contributed by atoms with Crippen LogP contribution in [0.1, 0.15) is 27.2 Å². The van der Waals surface area contributed by atoms with Crippen LogP contribution in [0.15, 0.2) is 23.1 Å². The summed E-state index contributed by atoms with van der Waals surface area (Å²) >= 11 is 0. The Balaban J connectivity index is 3.17. The number of nitrogens with zero attached hydrogens (tertiary/aromatic N) is 3. The molecule has 26 heavy (non-hydrogen) atoms. The smallest absolute Gasteiger partial charge is 0.307 e. The third-order valence-corrected chi connectivity index (χ3v) is 5.90. The van der Waals surface area contributed by atoms with Gasteiger partial charge in [0.05, 0.1) is 22.8 Å². The SMILES string of the molecule is CCOC(=O)CCN(C)c1ccc(S(=O)(=O)N(CC)CC)cc1[N+](=O)[O-]. The zero-order valence-electron chi connectivity index (χ0n) is 15.5. The maximum absolute atomic E-state index is 12.6. The topological polar surface area (TPSA) is 110 Å². The van der Waals surface area contributed by atoms with Crippen molar-refractivity contribution >= 4 is 27.4 Å². The fourth-order valence-corrected chi connectivity index (χ4v) is 3.94. The molecule has 0 aliphatic carbocycles. The van der Waals surface area contributed by atoms with E-state index in [1.165, 1.54) is 21.3 Å². The van der Waals surface area contributed by atoms with E-state index >= 15 is 0 Å². The number of nitro groups is 1. The van der Waals surface area contributed by atoms with Gasteiger partial charge in [-0.1, -0.05) is 13.8 Å². The van der Waals surface area contributed by atoms with Crippen LogP contribution >= 0.6 is 0 Å². The summed E-state index contributed by atoms with van der Waals surface area (Å²) < 4.78 is 31.2. The molecule has 1 aromatic rings. The number of carbonyl (C=O) groups excluding carboxylic acids is 1. The summed E-state index contributed by atoms with van der Waals surface area (Å²) in [6, 6.07) is 3.79. The molecule has 0 saturated carbocycles. The third kappa shape index (κ3) is 5.15. The van der Waals surface area contributed by atoms with Crippen molar-refractivity contribution in [1.29, 1.82) is 0 Å². The number of nitro benzene ring substituents is 1. The lowest BCUT2D eigenvalue weighted by Crippen LogP contribution is -2.30. The molecule has 0 heterocycles. The summed E-state index contributed by atoms with van der Waals surface area (Å²) in [4.78, 5) is 23.7. The predicted octanol–water partition coefficient (Wildman–Crippen LogP) is 2.01. The van der Waals surface area contributed by atoms with Crippen molar-refractivity contribution in [2.75, 3.05) is 38.2 Å². The third-order valence-electron chi connectivity index (χ3n) is 3.85. The lowest BCUT2D eigenvalue weighted by molar-refractivity contribution is -0.384. The van der Waals surface area contributed by atoms with Crippen LogP contribution in [0.4, 0.5) is 11.4 Å². The molecule has 0 saturated heterocycles. The summed E-state index contributed by atoms with van der Waals surface area (Å²) in [5.74, 6) is -0.400. The molecule has 9 nitrogen and oxygen atoms in total. The maximum atomic E-state index is 12.6. The molecule has 0 spiro atoms. The van der Waals surface area contributed by atoms with E-state index in [1.54, 1.807) is 27.8 Å². The molecule has 0 aliphatic rings. The Morgan fingerprint density at radius 2 is 1.85 bits per heavy atom. The number of benzene rings is 1. The molecule has 0 amide bonds. The first kappa shape index (κ1) is 21.8. The van der Waals surface area contributed by atoms with E-state index in [2.05, 4.69) is 0 Å². The standard InChI is InChI=1S/C16H25N3O6S/c1-5-18(6-2)26(23,24)13-8-9-14(15(12-13)19(21)22)17(4)11-10-16(20)25-7-3/h8-9,12H,5-7,10-11H2,1-4H3. The summed E-state index contributed by atoms with van der Waals surface area (Å²) in [6.45, 7) is 6.12. The molecule has 0 fully saturated rings. The first-order valence-electron chi connectivity index (χ1n) is 8.34. The number of rotatable bonds is 10. The largest absolute Gasteiger partial charge is 0.466 e. The van der Waals surface area contributed by atoms with Gasteiger partial charge < -0.3 is 9.64 Å². The highest BCUT2D eigenvalue weighted by atomic mass is 32.2. The minimum Gasteiger partial charge on any atom is -0.466 e. The fourth-order valence-electron chi connectivity index (χ4n) is 2.46. The van der Waals surface area contributed by atoms with Gasteiger partial charge in [0.1, 0.15) is 5.69 Å². The number of hydrogen-bond donors (Lipinski definition) is 0. The molecule has 0 atom stereocenters. The van der Waals surface area contributed by atoms with E-state index < -0.39 is 20.9 Å². The molecule has 146 valence electrons. The Labute approximate surface area is 153 Å². The van der Waals surface area contributed by atoms with E-state index in [4.69, 9.17) is 4.74 Å². The molecular formula is C16H25N3O6S. The molecule has 1 aromatic carbocycles. The molecule has 0 aromatic heterocycles. The molecule has 0 unspecified atom stereocenters. The van der Waals surface area contributed by atoms with Crippen LogP contribution in [0, 0.1) is 10.1 Å². The molecule has 10 heteroatoms. The van der Waals surface area contributed by atoms with Gasteiger partial charge in [-0.15, -0.1) is 0 Å². The van der Waals surface area contributed by atoms with Gasteiger partial charge in [-0.3, -0.25) is 14.9 Å². The fraction of sp³-hybridized carbons (Fsp3) is 0.562. The Hall–Kier alpha value is -2.20. The highest BCUT2D eigenvalue weighted by Gasteiger charge is 2.26. The first-order chi connectivity index (χ1) is 12.2. The molecule has 0 bridgehead atoms. The zero-order chi connectivity index (χ0) is 19.9. The summed E-state index contributed by atoms with van der Waals surface area (Å²) in [5.41, 5.74) is -0.0950. The van der Waals surface area contributed by atoms with Gasteiger partial charge in [0.15, 0.2) is 0 Å². The van der Waals surface area contributed by atoms with Crippen LogP contribution in [0.2, 0.25) is 0 Å². The minimum atomic E-state index is -3.80. The second-order valence-corrected chi connectivity index (χ2v) is 7.41. The van der Waals surface area contributed by atoms with Gasteiger partial charge in [-0.05, 0) is 19.1 Å². The van der Waals surface area contributed by atoms with Crippen molar-refractivity contribution in [3.05, 3.63) is 28.3 Å². The van der Waals surface area contributed by atoms with Gasteiger partial charge >= 0.3 is 5.97 Å². The van der Waals surface area contributed by atoms with Crippen LogP contribution in [0.25, 0.3) is 0 Å². The lowest BCUT2D eigenvalue weighted by Gasteiger charge is -2.21. The van der Waals surface area contributed by atoms with Crippen LogP contribution < -0.4 is 4.90 Å². The molecule has 0 N–H and O–H groups in total. The zero-order valence-corrected chi connectivity index (χ0v) is 16.3. The Morgan fingerprint density at radius 1 is 1.23 bits per heavy atom.